The van der Waals surface area contributed by atoms with Crippen LogP contribution in [0.1, 0.15) is 87.0 Å². The molecule has 0 heterocycles. The molecular formula is C46H56GeNTi. The van der Waals surface area contributed by atoms with Crippen molar-refractivity contribution < 1.29 is 21.7 Å². The Morgan fingerprint density at radius 2 is 0.878 bits per heavy atom. The zero-order valence-electron chi connectivity index (χ0n) is 30.9. The van der Waals surface area contributed by atoms with Gasteiger partial charge in [0.25, 0.3) is 0 Å². The van der Waals surface area contributed by atoms with Gasteiger partial charge in [0.15, 0.2) is 0 Å². The van der Waals surface area contributed by atoms with Gasteiger partial charge in [0, 0.05) is 0 Å². The quantitative estimate of drug-likeness (QED) is 0.147. The van der Waals surface area contributed by atoms with Crippen LogP contribution >= 0.6 is 0 Å². The van der Waals surface area contributed by atoms with E-state index in [4.69, 9.17) is 5.73 Å². The van der Waals surface area contributed by atoms with E-state index >= 15 is 0 Å². The van der Waals surface area contributed by atoms with Gasteiger partial charge in [-0.3, -0.25) is 6.08 Å². The summed E-state index contributed by atoms with van der Waals surface area (Å²) in [5.74, 6) is 0.560. The Kier molecular flexibility index (Phi) is 13.4. The fraction of sp³-hybridized carbons (Fsp3) is 0.391. The van der Waals surface area contributed by atoms with Crippen LogP contribution in [-0.4, -0.2) is 21.0 Å². The maximum atomic E-state index is 8.59. The van der Waals surface area contributed by atoms with E-state index in [1.165, 1.54) is 75.2 Å². The molecule has 3 heteroatoms. The van der Waals surface area contributed by atoms with Gasteiger partial charge in [-0.2, -0.15) is 11.1 Å². The summed E-state index contributed by atoms with van der Waals surface area (Å²) in [6.45, 7) is 16.0. The fourth-order valence-electron chi connectivity index (χ4n) is 10.0. The average molecular weight is 743 g/mol. The number of nitrogens with one attached hydrogen (secondary N) is 1. The third kappa shape index (κ3) is 10.8. The molecule has 1 nitrogen and oxygen atoms in total. The summed E-state index contributed by atoms with van der Waals surface area (Å²) in [5.41, 5.74) is 16.8. The second-order valence-corrected chi connectivity index (χ2v) is 19.7. The summed E-state index contributed by atoms with van der Waals surface area (Å²) in [6, 6.07) is 42.3. The molecule has 0 saturated heterocycles. The zero-order valence-corrected chi connectivity index (χ0v) is 34.9. The maximum Gasteiger partial charge on any atom is -0.0184 e. The number of hydrogen-bond acceptors (Lipinski definition) is 0. The average Bonchev–Trinajstić information content (AvgIpc) is 3.25. The molecule has 253 valence electrons. The van der Waals surface area contributed by atoms with Crippen molar-refractivity contribution in [2.75, 3.05) is 0 Å². The van der Waals surface area contributed by atoms with Crippen molar-refractivity contribution in [2.45, 2.75) is 92.5 Å². The summed E-state index contributed by atoms with van der Waals surface area (Å²) >= 11 is -0.392. The van der Waals surface area contributed by atoms with E-state index in [1.54, 1.807) is 0 Å². The molecule has 1 unspecified atom stereocenters. The van der Waals surface area contributed by atoms with E-state index in [0.717, 1.165) is 0 Å². The number of benzene rings is 4. The summed E-state index contributed by atoms with van der Waals surface area (Å²) in [4.78, 5) is 0. The molecule has 4 aromatic carbocycles. The molecule has 9 rings (SSSR count). The number of allylic oxidation sites excluding steroid dienone is 4. The van der Waals surface area contributed by atoms with E-state index < -0.39 is 15.4 Å². The van der Waals surface area contributed by atoms with Crippen molar-refractivity contribution in [3.63, 3.8) is 0 Å². The molecule has 0 spiro atoms. The molecule has 0 aliphatic heterocycles. The topological polar surface area (TPSA) is 23.8 Å². The summed E-state index contributed by atoms with van der Waals surface area (Å²) in [7, 11) is 0. The molecule has 1 N–H and O–H groups in total. The molecule has 1 atom stereocenters. The first kappa shape index (κ1) is 39.4. The van der Waals surface area contributed by atoms with Gasteiger partial charge in [0.1, 0.15) is 0 Å². The van der Waals surface area contributed by atoms with Crippen LogP contribution in [0.25, 0.3) is 16.9 Å². The number of rotatable bonds is 3. The molecule has 4 saturated carbocycles. The standard InChI is InChI=1S/C13H22N.C12H11Ge.C12H10.C9H13.Ti/c1-10-4-11(2)6-12(3,5-10)9-13(14,7-10)8-11;1-3-7-11(8-4-1)13-12-9-5-2-6-10-12;1-3-7-11(8-4-1)12-9-5-2-6-10-12;1-6-5-7(2)9(4)8(6)3;/h14H,4-9H2,1-3H3;1-10,13H;1-10H;6H,1-4H3;/q-1;;;-1;+2. The van der Waals surface area contributed by atoms with Crippen LogP contribution in [0.4, 0.5) is 0 Å². The van der Waals surface area contributed by atoms with E-state index in [0.29, 0.717) is 22.2 Å². The molecule has 0 aromatic heterocycles. The van der Waals surface area contributed by atoms with Crippen molar-refractivity contribution in [1.82, 2.24) is 0 Å². The van der Waals surface area contributed by atoms with Gasteiger partial charge in [-0.25, -0.2) is 5.57 Å². The van der Waals surface area contributed by atoms with E-state index in [9.17, 15) is 0 Å². The molecule has 4 bridgehead atoms. The third-order valence-corrected chi connectivity index (χ3v) is 13.9. The Balaban J connectivity index is 0.000000148. The molecule has 0 amide bonds. The van der Waals surface area contributed by atoms with Gasteiger partial charge < -0.3 is 5.73 Å². The SMILES string of the molecule is CC12CC3(C)CC(C)(C1)CC([NH-])(C2)C3.CC1=[C-]C(C)C(C)=C1C.[Ti+2].c1cc[c]([GeH][c]2ccccc2)cc1.c1ccc(-c2ccccc2)cc1. The zero-order chi connectivity index (χ0) is 34.4. The third-order valence-electron chi connectivity index (χ3n) is 10.9. The van der Waals surface area contributed by atoms with Gasteiger partial charge >= 0.3 is 107 Å². The van der Waals surface area contributed by atoms with Crippen molar-refractivity contribution in [3.05, 3.63) is 150 Å². The van der Waals surface area contributed by atoms with Crippen LogP contribution in [0.2, 0.25) is 0 Å². The van der Waals surface area contributed by atoms with Crippen molar-refractivity contribution in [2.24, 2.45) is 22.2 Å². The molecular weight excluding hydrogens is 687 g/mol. The van der Waals surface area contributed by atoms with Crippen LogP contribution in [0, 0.1) is 28.2 Å². The van der Waals surface area contributed by atoms with Crippen LogP contribution < -0.4 is 8.79 Å². The van der Waals surface area contributed by atoms with Gasteiger partial charge in [-0.1, -0.05) is 127 Å². The second kappa shape index (κ2) is 16.7. The van der Waals surface area contributed by atoms with Gasteiger partial charge in [0.2, 0.25) is 0 Å². The summed E-state index contributed by atoms with van der Waals surface area (Å²) < 4.78 is 3.05. The van der Waals surface area contributed by atoms with Crippen LogP contribution in [0.3, 0.4) is 0 Å². The Labute approximate surface area is 319 Å². The molecule has 4 fully saturated rings. The van der Waals surface area contributed by atoms with Gasteiger partial charge in [-0.05, 0) is 46.6 Å². The van der Waals surface area contributed by atoms with E-state index in [2.05, 4.69) is 164 Å². The van der Waals surface area contributed by atoms with Crippen molar-refractivity contribution >= 4 is 24.2 Å². The summed E-state index contributed by atoms with van der Waals surface area (Å²) in [5, 5.41) is 0. The van der Waals surface area contributed by atoms with Gasteiger partial charge in [0.05, 0.1) is 0 Å². The summed E-state index contributed by atoms with van der Waals surface area (Å²) in [6.07, 6.45) is 11.0. The first-order valence-electron chi connectivity index (χ1n) is 17.9. The van der Waals surface area contributed by atoms with E-state index in [-0.39, 0.29) is 27.3 Å². The molecule has 49 heavy (non-hydrogen) atoms. The second-order valence-electron chi connectivity index (χ2n) is 16.3. The van der Waals surface area contributed by atoms with Crippen molar-refractivity contribution in [3.8, 4) is 11.1 Å². The molecule has 4 aromatic rings. The smallest absolute Gasteiger partial charge is 0.0184 e. The minimum Gasteiger partial charge on any atom is -0.0622 e. The van der Waals surface area contributed by atoms with Crippen LogP contribution in [0.15, 0.2) is 138 Å². The van der Waals surface area contributed by atoms with Gasteiger partial charge in [-0.15, -0.1) is 12.5 Å². The Morgan fingerprint density at radius 3 is 1.12 bits per heavy atom. The van der Waals surface area contributed by atoms with E-state index in [1.807, 2.05) is 12.1 Å². The first-order chi connectivity index (χ1) is 22.8. The normalized spacial score (nSPS) is 28.8. The van der Waals surface area contributed by atoms with Crippen LogP contribution in [-0.2, 0) is 21.7 Å². The maximum absolute atomic E-state index is 8.59. The first-order valence-corrected chi connectivity index (χ1v) is 20.3. The Bertz CT molecular complexity index is 1510. The predicted molar refractivity (Wildman–Crippen MR) is 210 cm³/mol. The molecule has 5 aliphatic rings. The van der Waals surface area contributed by atoms with Crippen LogP contribution in [0.5, 0.6) is 0 Å². The molecule has 1 radical (unpaired) electrons. The minimum atomic E-state index is -0.392. The largest absolute Gasteiger partial charge is 0.0622 e. The Hall–Kier alpha value is -2.42. The fourth-order valence-corrected chi connectivity index (χ4v) is 12.6. The van der Waals surface area contributed by atoms with Crippen molar-refractivity contribution in [1.29, 1.82) is 0 Å². The predicted octanol–water partition coefficient (Wildman–Crippen LogP) is 11.3. The monoisotopic (exact) mass is 744 g/mol. The molecule has 5 aliphatic carbocycles. The Morgan fingerprint density at radius 1 is 0.551 bits per heavy atom. The number of hydrogen-bond donors (Lipinski definition) is 0. The minimum absolute atomic E-state index is 0.